The summed E-state index contributed by atoms with van der Waals surface area (Å²) in [4.78, 5) is 0. The van der Waals surface area contributed by atoms with Gasteiger partial charge in [0.15, 0.2) is 0 Å². The lowest BCUT2D eigenvalue weighted by molar-refractivity contribution is 0.747. The molecule has 0 aliphatic carbocycles. The van der Waals surface area contributed by atoms with E-state index in [1.54, 1.807) is 0 Å². The standard InChI is InChI=1S/C9H17N3S.C2H6/c1-8-6-12(3)11-9(8)4-5-13-7-10-2;1-2/h6,10H,4-5,7H2,1-3H3;1-2H3. The predicted octanol–water partition coefficient (Wildman–Crippen LogP) is 2.21. The fourth-order valence-corrected chi connectivity index (χ4v) is 1.93. The van der Waals surface area contributed by atoms with Crippen molar-refractivity contribution in [3.8, 4) is 0 Å². The second kappa shape index (κ2) is 8.80. The molecule has 0 amide bonds. The van der Waals surface area contributed by atoms with E-state index in [1.807, 2.05) is 44.4 Å². The number of rotatable bonds is 5. The van der Waals surface area contributed by atoms with Gasteiger partial charge in [-0.2, -0.15) is 5.10 Å². The predicted molar refractivity (Wildman–Crippen MR) is 69.4 cm³/mol. The molecule has 1 aromatic heterocycles. The molecule has 0 radical (unpaired) electrons. The van der Waals surface area contributed by atoms with Crippen molar-refractivity contribution in [1.82, 2.24) is 15.1 Å². The van der Waals surface area contributed by atoms with Gasteiger partial charge >= 0.3 is 0 Å². The Morgan fingerprint density at radius 2 is 2.13 bits per heavy atom. The number of thioether (sulfide) groups is 1. The number of hydrogen-bond acceptors (Lipinski definition) is 3. The number of nitrogens with zero attached hydrogens (tertiary/aromatic N) is 2. The monoisotopic (exact) mass is 229 g/mol. The van der Waals surface area contributed by atoms with Crippen molar-refractivity contribution < 1.29 is 0 Å². The third-order valence-electron chi connectivity index (χ3n) is 1.84. The zero-order chi connectivity index (χ0) is 11.7. The second-order valence-corrected chi connectivity index (χ2v) is 4.19. The lowest BCUT2D eigenvalue weighted by Crippen LogP contribution is -2.05. The van der Waals surface area contributed by atoms with Crippen LogP contribution in [0, 0.1) is 6.92 Å². The number of nitrogens with one attached hydrogen (secondary N) is 1. The number of aromatic nitrogens is 2. The maximum absolute atomic E-state index is 4.39. The molecule has 0 bridgehead atoms. The van der Waals surface area contributed by atoms with Gasteiger partial charge in [-0.25, -0.2) is 0 Å². The Kier molecular flexibility index (Phi) is 8.52. The van der Waals surface area contributed by atoms with Gasteiger partial charge in [-0.1, -0.05) is 13.8 Å². The van der Waals surface area contributed by atoms with Gasteiger partial charge in [-0.15, -0.1) is 11.8 Å². The quantitative estimate of drug-likeness (QED) is 0.620. The maximum atomic E-state index is 4.39. The molecular formula is C11H23N3S. The summed E-state index contributed by atoms with van der Waals surface area (Å²) in [6.45, 7) is 6.12. The molecule has 1 heterocycles. The molecule has 0 aliphatic rings. The number of aryl methyl sites for hydroxylation is 3. The normalized spacial score (nSPS) is 9.67. The van der Waals surface area contributed by atoms with Gasteiger partial charge < -0.3 is 5.32 Å². The molecule has 15 heavy (non-hydrogen) atoms. The molecule has 0 atom stereocenters. The van der Waals surface area contributed by atoms with Gasteiger partial charge in [0.1, 0.15) is 0 Å². The molecule has 0 spiro atoms. The molecule has 0 unspecified atom stereocenters. The fraction of sp³-hybridized carbons (Fsp3) is 0.727. The molecule has 4 heteroatoms. The maximum Gasteiger partial charge on any atom is 0.0661 e. The lowest BCUT2D eigenvalue weighted by atomic mass is 10.2. The molecule has 0 saturated heterocycles. The van der Waals surface area contributed by atoms with E-state index in [1.165, 1.54) is 11.3 Å². The summed E-state index contributed by atoms with van der Waals surface area (Å²) < 4.78 is 1.88. The molecular weight excluding hydrogens is 206 g/mol. The van der Waals surface area contributed by atoms with E-state index in [-0.39, 0.29) is 0 Å². The summed E-state index contributed by atoms with van der Waals surface area (Å²) in [5, 5.41) is 7.50. The summed E-state index contributed by atoms with van der Waals surface area (Å²) in [5.41, 5.74) is 2.53. The fourth-order valence-electron chi connectivity index (χ4n) is 1.24. The Bertz CT molecular complexity index is 258. The highest BCUT2D eigenvalue weighted by atomic mass is 32.2. The summed E-state index contributed by atoms with van der Waals surface area (Å²) in [5.74, 6) is 2.16. The Morgan fingerprint density at radius 1 is 1.47 bits per heavy atom. The smallest absolute Gasteiger partial charge is 0.0661 e. The van der Waals surface area contributed by atoms with E-state index in [4.69, 9.17) is 0 Å². The van der Waals surface area contributed by atoms with Crippen molar-refractivity contribution in [3.63, 3.8) is 0 Å². The summed E-state index contributed by atoms with van der Waals surface area (Å²) >= 11 is 1.91. The van der Waals surface area contributed by atoms with Crippen LogP contribution in [0.25, 0.3) is 0 Å². The Hall–Kier alpha value is -0.480. The molecule has 0 aliphatic heterocycles. The van der Waals surface area contributed by atoms with Crippen LogP contribution >= 0.6 is 11.8 Å². The van der Waals surface area contributed by atoms with Gasteiger partial charge in [0.25, 0.3) is 0 Å². The highest BCUT2D eigenvalue weighted by Crippen LogP contribution is 2.08. The first-order valence-electron chi connectivity index (χ1n) is 5.45. The van der Waals surface area contributed by atoms with Crippen LogP contribution < -0.4 is 5.32 Å². The molecule has 1 N–H and O–H groups in total. The molecule has 0 fully saturated rings. The SMILES string of the molecule is CC.CNCSCCc1nn(C)cc1C. The largest absolute Gasteiger partial charge is 0.311 e. The van der Waals surface area contributed by atoms with Crippen LogP contribution in [-0.4, -0.2) is 28.5 Å². The van der Waals surface area contributed by atoms with Gasteiger partial charge in [0, 0.05) is 31.3 Å². The molecule has 0 saturated carbocycles. The lowest BCUT2D eigenvalue weighted by Gasteiger charge is -1.98. The van der Waals surface area contributed by atoms with Crippen molar-refractivity contribution in [2.75, 3.05) is 18.7 Å². The average Bonchev–Trinajstić information content (AvgIpc) is 2.55. The molecule has 1 aromatic rings. The first-order valence-corrected chi connectivity index (χ1v) is 6.61. The Labute approximate surface area is 97.6 Å². The van der Waals surface area contributed by atoms with Crippen LogP contribution in [0.2, 0.25) is 0 Å². The van der Waals surface area contributed by atoms with Crippen molar-refractivity contribution in [2.45, 2.75) is 27.2 Å². The van der Waals surface area contributed by atoms with Crippen molar-refractivity contribution in [2.24, 2.45) is 7.05 Å². The zero-order valence-electron chi connectivity index (χ0n) is 10.5. The Balaban J connectivity index is 0.000000921. The average molecular weight is 229 g/mol. The zero-order valence-corrected chi connectivity index (χ0v) is 11.3. The van der Waals surface area contributed by atoms with Crippen LogP contribution in [-0.2, 0) is 13.5 Å². The molecule has 1 rings (SSSR count). The van der Waals surface area contributed by atoms with Gasteiger partial charge in [-0.3, -0.25) is 4.68 Å². The molecule has 88 valence electrons. The number of hydrogen-bond donors (Lipinski definition) is 1. The topological polar surface area (TPSA) is 29.9 Å². The van der Waals surface area contributed by atoms with E-state index in [9.17, 15) is 0 Å². The second-order valence-electron chi connectivity index (χ2n) is 3.09. The molecule has 3 nitrogen and oxygen atoms in total. The van der Waals surface area contributed by atoms with Crippen LogP contribution in [0.15, 0.2) is 6.20 Å². The van der Waals surface area contributed by atoms with Crippen molar-refractivity contribution in [3.05, 3.63) is 17.5 Å². The van der Waals surface area contributed by atoms with E-state index < -0.39 is 0 Å². The van der Waals surface area contributed by atoms with Crippen molar-refractivity contribution in [1.29, 1.82) is 0 Å². The summed E-state index contributed by atoms with van der Waals surface area (Å²) in [7, 11) is 3.94. The minimum atomic E-state index is 1.02. The Morgan fingerprint density at radius 3 is 2.60 bits per heavy atom. The van der Waals surface area contributed by atoms with Crippen LogP contribution in [0.4, 0.5) is 0 Å². The first kappa shape index (κ1) is 14.5. The van der Waals surface area contributed by atoms with Crippen LogP contribution in [0.3, 0.4) is 0 Å². The van der Waals surface area contributed by atoms with E-state index >= 15 is 0 Å². The highest BCUT2D eigenvalue weighted by Gasteiger charge is 2.01. The minimum absolute atomic E-state index is 1.02. The summed E-state index contributed by atoms with van der Waals surface area (Å²) in [6, 6.07) is 0. The van der Waals surface area contributed by atoms with Gasteiger partial charge in [-0.05, 0) is 19.5 Å². The first-order chi connectivity index (χ1) is 7.24. The van der Waals surface area contributed by atoms with E-state index in [0.29, 0.717) is 0 Å². The highest BCUT2D eigenvalue weighted by molar-refractivity contribution is 7.99. The van der Waals surface area contributed by atoms with Crippen molar-refractivity contribution >= 4 is 11.8 Å². The third-order valence-corrected chi connectivity index (χ3v) is 2.83. The van der Waals surface area contributed by atoms with E-state index in [2.05, 4.69) is 23.5 Å². The summed E-state index contributed by atoms with van der Waals surface area (Å²) in [6.07, 6.45) is 3.14. The van der Waals surface area contributed by atoms with E-state index in [0.717, 1.165) is 18.1 Å². The van der Waals surface area contributed by atoms with Gasteiger partial charge in [0.05, 0.1) is 5.69 Å². The minimum Gasteiger partial charge on any atom is -0.311 e. The third kappa shape index (κ3) is 5.85. The van der Waals surface area contributed by atoms with Crippen LogP contribution in [0.1, 0.15) is 25.1 Å². The molecule has 0 aromatic carbocycles. The van der Waals surface area contributed by atoms with Crippen LogP contribution in [0.5, 0.6) is 0 Å². The van der Waals surface area contributed by atoms with Gasteiger partial charge in [0.2, 0.25) is 0 Å².